The van der Waals surface area contributed by atoms with Crippen LogP contribution in [0.1, 0.15) is 58.3 Å². The Bertz CT molecular complexity index is 247. The topological polar surface area (TPSA) is 0 Å². The van der Waals surface area contributed by atoms with Gasteiger partial charge in [-0.3, -0.25) is 0 Å². The van der Waals surface area contributed by atoms with Crippen molar-refractivity contribution in [2.24, 2.45) is 11.8 Å². The zero-order valence-corrected chi connectivity index (χ0v) is 10.0. The van der Waals surface area contributed by atoms with Crippen molar-refractivity contribution in [1.29, 1.82) is 0 Å². The van der Waals surface area contributed by atoms with Gasteiger partial charge in [0.2, 0.25) is 0 Å². The third-order valence-electron chi connectivity index (χ3n) is 4.09. The van der Waals surface area contributed by atoms with Crippen LogP contribution in [0.25, 0.3) is 0 Å². The first-order valence-corrected chi connectivity index (χ1v) is 6.74. The SMILES string of the molecule is CC1CCC2CCCCCC/C=C/C=C12. The van der Waals surface area contributed by atoms with Crippen LogP contribution in [0.15, 0.2) is 23.8 Å². The van der Waals surface area contributed by atoms with Crippen LogP contribution in [0.5, 0.6) is 0 Å². The van der Waals surface area contributed by atoms with Gasteiger partial charge in [0.25, 0.3) is 0 Å². The predicted molar refractivity (Wildman–Crippen MR) is 66.8 cm³/mol. The summed E-state index contributed by atoms with van der Waals surface area (Å²) < 4.78 is 0. The molecule has 0 radical (unpaired) electrons. The van der Waals surface area contributed by atoms with Crippen LogP contribution in [-0.4, -0.2) is 0 Å². The predicted octanol–water partition coefficient (Wildman–Crippen LogP) is 4.87. The lowest BCUT2D eigenvalue weighted by atomic mass is 9.92. The Morgan fingerprint density at radius 2 is 1.87 bits per heavy atom. The highest BCUT2D eigenvalue weighted by Gasteiger charge is 2.25. The van der Waals surface area contributed by atoms with Crippen LogP contribution < -0.4 is 0 Å². The normalized spacial score (nSPS) is 35.1. The van der Waals surface area contributed by atoms with E-state index >= 15 is 0 Å². The molecule has 0 heteroatoms. The molecule has 15 heavy (non-hydrogen) atoms. The van der Waals surface area contributed by atoms with Crippen molar-refractivity contribution < 1.29 is 0 Å². The van der Waals surface area contributed by atoms with Crippen LogP contribution in [0.4, 0.5) is 0 Å². The average molecular weight is 204 g/mol. The standard InChI is InChI=1S/C15H24/c1-13-11-12-14-9-7-5-3-2-4-6-8-10-15(13)14/h6,8,10,13-14H,2-5,7,9,11-12H2,1H3/b8-6+,15-10?. The Labute approximate surface area is 94.5 Å². The molecule has 2 aliphatic carbocycles. The Morgan fingerprint density at radius 1 is 1.00 bits per heavy atom. The molecular weight excluding hydrogens is 180 g/mol. The molecule has 2 rings (SSSR count). The third kappa shape index (κ3) is 2.96. The monoisotopic (exact) mass is 204 g/mol. The zero-order valence-electron chi connectivity index (χ0n) is 10.0. The first-order chi connectivity index (χ1) is 7.38. The van der Waals surface area contributed by atoms with Crippen molar-refractivity contribution in [1.82, 2.24) is 0 Å². The molecule has 0 nitrogen and oxygen atoms in total. The quantitative estimate of drug-likeness (QED) is 0.528. The summed E-state index contributed by atoms with van der Waals surface area (Å²) in [7, 11) is 0. The van der Waals surface area contributed by atoms with Crippen LogP contribution >= 0.6 is 0 Å². The van der Waals surface area contributed by atoms with E-state index in [0.29, 0.717) is 0 Å². The third-order valence-corrected chi connectivity index (χ3v) is 4.09. The van der Waals surface area contributed by atoms with Gasteiger partial charge in [-0.15, -0.1) is 0 Å². The molecule has 0 aliphatic heterocycles. The molecular formula is C15H24. The second kappa shape index (κ2) is 5.53. The maximum Gasteiger partial charge on any atom is -0.0197 e. The van der Waals surface area contributed by atoms with Crippen molar-refractivity contribution in [2.45, 2.75) is 58.3 Å². The van der Waals surface area contributed by atoms with E-state index in [1.807, 2.05) is 0 Å². The van der Waals surface area contributed by atoms with Crippen molar-refractivity contribution in [3.05, 3.63) is 23.8 Å². The molecule has 1 saturated carbocycles. The number of rotatable bonds is 0. The summed E-state index contributed by atoms with van der Waals surface area (Å²) in [5.41, 5.74) is 1.74. The molecule has 0 amide bonds. The van der Waals surface area contributed by atoms with Gasteiger partial charge in [0.15, 0.2) is 0 Å². The maximum absolute atomic E-state index is 2.42. The Balaban J connectivity index is 2.05. The van der Waals surface area contributed by atoms with Crippen LogP contribution in [0, 0.1) is 11.8 Å². The summed E-state index contributed by atoms with van der Waals surface area (Å²) in [5, 5.41) is 0. The van der Waals surface area contributed by atoms with E-state index in [1.54, 1.807) is 5.57 Å². The minimum atomic E-state index is 0.848. The summed E-state index contributed by atoms with van der Waals surface area (Å²) in [6, 6.07) is 0. The van der Waals surface area contributed by atoms with E-state index in [-0.39, 0.29) is 0 Å². The maximum atomic E-state index is 2.42. The van der Waals surface area contributed by atoms with E-state index < -0.39 is 0 Å². The fourth-order valence-corrected chi connectivity index (χ4v) is 3.08. The summed E-state index contributed by atoms with van der Waals surface area (Å²) >= 11 is 0. The Kier molecular flexibility index (Phi) is 4.05. The molecule has 0 N–H and O–H groups in total. The van der Waals surface area contributed by atoms with E-state index in [9.17, 15) is 0 Å². The molecule has 0 bridgehead atoms. The summed E-state index contributed by atoms with van der Waals surface area (Å²) in [5.74, 6) is 1.77. The molecule has 2 atom stereocenters. The van der Waals surface area contributed by atoms with Gasteiger partial charge in [0.05, 0.1) is 0 Å². The molecule has 0 aromatic heterocycles. The number of allylic oxidation sites excluding steroid dienone is 4. The fraction of sp³-hybridized carbons (Fsp3) is 0.733. The van der Waals surface area contributed by atoms with Crippen LogP contribution in [0.2, 0.25) is 0 Å². The molecule has 84 valence electrons. The van der Waals surface area contributed by atoms with E-state index in [1.165, 1.54) is 51.4 Å². The smallest absolute Gasteiger partial charge is 0.0197 e. The van der Waals surface area contributed by atoms with Gasteiger partial charge < -0.3 is 0 Å². The van der Waals surface area contributed by atoms with E-state index in [0.717, 1.165) is 11.8 Å². The van der Waals surface area contributed by atoms with E-state index in [4.69, 9.17) is 0 Å². The second-order valence-electron chi connectivity index (χ2n) is 5.26. The first kappa shape index (κ1) is 11.0. The molecule has 0 aromatic rings. The van der Waals surface area contributed by atoms with Crippen LogP contribution in [-0.2, 0) is 0 Å². The van der Waals surface area contributed by atoms with E-state index in [2.05, 4.69) is 25.2 Å². The molecule has 0 saturated heterocycles. The van der Waals surface area contributed by atoms with Crippen molar-refractivity contribution >= 4 is 0 Å². The van der Waals surface area contributed by atoms with Gasteiger partial charge in [-0.2, -0.15) is 0 Å². The van der Waals surface area contributed by atoms with Gasteiger partial charge in [-0.05, 0) is 43.9 Å². The minimum absolute atomic E-state index is 0.848. The average Bonchev–Trinajstić information content (AvgIpc) is 2.56. The molecule has 1 fully saturated rings. The van der Waals surface area contributed by atoms with Crippen LogP contribution in [0.3, 0.4) is 0 Å². The lowest BCUT2D eigenvalue weighted by molar-refractivity contribution is 0.516. The fourth-order valence-electron chi connectivity index (χ4n) is 3.08. The van der Waals surface area contributed by atoms with Crippen molar-refractivity contribution in [3.63, 3.8) is 0 Å². The zero-order chi connectivity index (χ0) is 10.5. The summed E-state index contributed by atoms with van der Waals surface area (Å²) in [6.07, 6.45) is 18.4. The minimum Gasteiger partial charge on any atom is -0.0845 e. The highest BCUT2D eigenvalue weighted by Crippen LogP contribution is 2.39. The van der Waals surface area contributed by atoms with Gasteiger partial charge in [0.1, 0.15) is 0 Å². The second-order valence-corrected chi connectivity index (χ2v) is 5.26. The van der Waals surface area contributed by atoms with Gasteiger partial charge >= 0.3 is 0 Å². The molecule has 0 spiro atoms. The van der Waals surface area contributed by atoms with Crippen molar-refractivity contribution in [3.8, 4) is 0 Å². The first-order valence-electron chi connectivity index (χ1n) is 6.74. The lowest BCUT2D eigenvalue weighted by Gasteiger charge is -2.13. The largest absolute Gasteiger partial charge is 0.0845 e. The number of hydrogen-bond donors (Lipinski definition) is 0. The van der Waals surface area contributed by atoms with Crippen molar-refractivity contribution in [2.75, 3.05) is 0 Å². The highest BCUT2D eigenvalue weighted by molar-refractivity contribution is 5.21. The summed E-state index contributed by atoms with van der Waals surface area (Å²) in [4.78, 5) is 0. The summed E-state index contributed by atoms with van der Waals surface area (Å²) in [6.45, 7) is 2.40. The van der Waals surface area contributed by atoms with Gasteiger partial charge in [0, 0.05) is 0 Å². The Morgan fingerprint density at radius 3 is 2.80 bits per heavy atom. The Hall–Kier alpha value is -0.520. The molecule has 2 unspecified atom stereocenters. The molecule has 0 aromatic carbocycles. The lowest BCUT2D eigenvalue weighted by Crippen LogP contribution is -2.00. The highest BCUT2D eigenvalue weighted by atomic mass is 14.3. The molecule has 2 aliphatic rings. The number of hydrogen-bond acceptors (Lipinski definition) is 0. The number of fused-ring (bicyclic) bond motifs is 1. The van der Waals surface area contributed by atoms with Gasteiger partial charge in [-0.1, -0.05) is 50.0 Å². The van der Waals surface area contributed by atoms with Gasteiger partial charge in [-0.25, -0.2) is 0 Å². The molecule has 0 heterocycles.